The first-order chi connectivity index (χ1) is 11.9. The molecule has 0 bridgehead atoms. The number of hydrogen-bond acceptors (Lipinski definition) is 3. The molecule has 2 N–H and O–H groups in total. The predicted molar refractivity (Wildman–Crippen MR) is 93.3 cm³/mol. The maximum absolute atomic E-state index is 14.3. The van der Waals surface area contributed by atoms with E-state index in [4.69, 9.17) is 0 Å². The van der Waals surface area contributed by atoms with Crippen LogP contribution in [0.5, 0.6) is 0 Å². The number of nitrogens with zero attached hydrogens (tertiary/aromatic N) is 3. The van der Waals surface area contributed by atoms with Crippen molar-refractivity contribution in [3.8, 4) is 5.69 Å². The number of carbonyl (C=O) groups is 1. The molecule has 134 valence electrons. The Hall–Kier alpha value is -2.41. The second kappa shape index (κ2) is 7.23. The number of amides is 2. The molecule has 3 rings (SSSR count). The Bertz CT molecular complexity index is 759. The average Bonchev–Trinajstić information content (AvgIpc) is 3.01. The van der Waals surface area contributed by atoms with Crippen molar-refractivity contribution in [1.82, 2.24) is 14.7 Å². The molecule has 2 unspecified atom stereocenters. The van der Waals surface area contributed by atoms with Crippen LogP contribution in [-0.4, -0.2) is 45.0 Å². The minimum absolute atomic E-state index is 0.0849. The van der Waals surface area contributed by atoms with E-state index in [0.717, 1.165) is 18.4 Å². The minimum Gasteiger partial charge on any atom is -0.393 e. The van der Waals surface area contributed by atoms with Gasteiger partial charge in [-0.1, -0.05) is 0 Å². The van der Waals surface area contributed by atoms with Crippen molar-refractivity contribution in [2.75, 3.05) is 18.4 Å². The zero-order valence-electron chi connectivity index (χ0n) is 14.4. The maximum atomic E-state index is 14.3. The fourth-order valence-corrected chi connectivity index (χ4v) is 3.11. The van der Waals surface area contributed by atoms with E-state index in [1.807, 2.05) is 6.92 Å². The van der Waals surface area contributed by atoms with Gasteiger partial charge in [0.2, 0.25) is 0 Å². The van der Waals surface area contributed by atoms with Crippen LogP contribution in [-0.2, 0) is 0 Å². The number of anilines is 1. The number of benzene rings is 1. The number of carbonyl (C=O) groups excluding carboxylic acids is 1. The molecule has 0 aliphatic carbocycles. The second-order valence-corrected chi connectivity index (χ2v) is 6.65. The van der Waals surface area contributed by atoms with Crippen LogP contribution in [0, 0.1) is 18.7 Å². The lowest BCUT2D eigenvalue weighted by atomic mass is 9.94. The molecule has 25 heavy (non-hydrogen) atoms. The van der Waals surface area contributed by atoms with Crippen LogP contribution in [0.3, 0.4) is 0 Å². The van der Waals surface area contributed by atoms with Gasteiger partial charge in [0.1, 0.15) is 5.69 Å². The lowest BCUT2D eigenvalue weighted by Gasteiger charge is -2.34. The molecule has 7 heteroatoms. The summed E-state index contributed by atoms with van der Waals surface area (Å²) in [5.41, 5.74) is 1.67. The molecule has 2 heterocycles. The Morgan fingerprint density at radius 2 is 2.28 bits per heavy atom. The van der Waals surface area contributed by atoms with E-state index in [2.05, 4.69) is 10.4 Å². The minimum atomic E-state index is -0.457. The highest BCUT2D eigenvalue weighted by Crippen LogP contribution is 2.22. The second-order valence-electron chi connectivity index (χ2n) is 6.65. The quantitative estimate of drug-likeness (QED) is 0.898. The molecule has 0 spiro atoms. The molecule has 1 aromatic heterocycles. The van der Waals surface area contributed by atoms with Crippen molar-refractivity contribution in [2.45, 2.75) is 32.8 Å². The third kappa shape index (κ3) is 3.99. The molecule has 1 aliphatic heterocycles. The lowest BCUT2D eigenvalue weighted by Crippen LogP contribution is -2.44. The number of aliphatic hydroxyl groups is 1. The number of aliphatic hydroxyl groups excluding tert-OH is 1. The molecule has 2 amide bonds. The van der Waals surface area contributed by atoms with Crippen LogP contribution < -0.4 is 5.32 Å². The van der Waals surface area contributed by atoms with Crippen LogP contribution in [0.25, 0.3) is 5.69 Å². The standard InChI is InChI=1S/C18H23FN4O2/c1-12-9-20-23(10-12)17-6-5-15(8-16(17)19)21-18(25)22-7-3-4-14(11-22)13(2)24/h5-6,8-10,13-14,24H,3-4,7,11H2,1-2H3,(H,21,25). The van der Waals surface area contributed by atoms with Gasteiger partial charge >= 0.3 is 6.03 Å². The SMILES string of the molecule is Cc1cnn(-c2ccc(NC(=O)N3CCCC(C(C)O)C3)cc2F)c1. The summed E-state index contributed by atoms with van der Waals surface area (Å²) < 4.78 is 15.8. The van der Waals surface area contributed by atoms with E-state index in [1.54, 1.807) is 36.4 Å². The third-order valence-electron chi connectivity index (χ3n) is 4.58. The first-order valence-electron chi connectivity index (χ1n) is 8.49. The van der Waals surface area contributed by atoms with Crippen LogP contribution in [0.15, 0.2) is 30.6 Å². The summed E-state index contributed by atoms with van der Waals surface area (Å²) in [7, 11) is 0. The van der Waals surface area contributed by atoms with E-state index >= 15 is 0 Å². The van der Waals surface area contributed by atoms with Gasteiger partial charge in [0.25, 0.3) is 0 Å². The van der Waals surface area contributed by atoms with Crippen molar-refractivity contribution in [2.24, 2.45) is 5.92 Å². The Labute approximate surface area is 146 Å². The number of urea groups is 1. The molecular formula is C18H23FN4O2. The first-order valence-corrected chi connectivity index (χ1v) is 8.49. The first kappa shape index (κ1) is 17.4. The van der Waals surface area contributed by atoms with Gasteiger partial charge in [0.05, 0.1) is 12.3 Å². The zero-order valence-corrected chi connectivity index (χ0v) is 14.4. The fourth-order valence-electron chi connectivity index (χ4n) is 3.11. The number of hydrogen-bond donors (Lipinski definition) is 2. The molecular weight excluding hydrogens is 323 g/mol. The average molecular weight is 346 g/mol. The van der Waals surface area contributed by atoms with Gasteiger partial charge in [0.15, 0.2) is 5.82 Å². The van der Waals surface area contributed by atoms with E-state index in [9.17, 15) is 14.3 Å². The van der Waals surface area contributed by atoms with E-state index in [1.165, 1.54) is 10.7 Å². The lowest BCUT2D eigenvalue weighted by molar-refractivity contribution is 0.0766. The van der Waals surface area contributed by atoms with Crippen molar-refractivity contribution in [3.63, 3.8) is 0 Å². The molecule has 1 fully saturated rings. The topological polar surface area (TPSA) is 70.4 Å². The molecule has 0 saturated carbocycles. The molecule has 0 radical (unpaired) electrons. The number of aromatic nitrogens is 2. The molecule has 6 nitrogen and oxygen atoms in total. The monoisotopic (exact) mass is 346 g/mol. The van der Waals surface area contributed by atoms with Gasteiger partial charge in [-0.15, -0.1) is 0 Å². The number of nitrogens with one attached hydrogen (secondary N) is 1. The number of halogens is 1. The van der Waals surface area contributed by atoms with Crippen molar-refractivity contribution in [1.29, 1.82) is 0 Å². The van der Waals surface area contributed by atoms with Gasteiger partial charge in [0, 0.05) is 30.9 Å². The van der Waals surface area contributed by atoms with Crippen LogP contribution in [0.1, 0.15) is 25.3 Å². The smallest absolute Gasteiger partial charge is 0.321 e. The summed E-state index contributed by atoms with van der Waals surface area (Å²) in [5.74, 6) is -0.372. The van der Waals surface area contributed by atoms with Crippen molar-refractivity contribution < 1.29 is 14.3 Å². The van der Waals surface area contributed by atoms with Crippen LogP contribution in [0.2, 0.25) is 0 Å². The van der Waals surface area contributed by atoms with Gasteiger partial charge in [-0.3, -0.25) is 0 Å². The Balaban J connectivity index is 1.68. The van der Waals surface area contributed by atoms with Gasteiger partial charge in [-0.2, -0.15) is 5.10 Å². The number of aryl methyl sites for hydroxylation is 1. The largest absolute Gasteiger partial charge is 0.393 e. The summed E-state index contributed by atoms with van der Waals surface area (Å²) in [6.07, 6.45) is 4.72. The van der Waals surface area contributed by atoms with Gasteiger partial charge in [-0.25, -0.2) is 13.9 Å². The van der Waals surface area contributed by atoms with E-state index in [0.29, 0.717) is 24.5 Å². The Morgan fingerprint density at radius 1 is 1.48 bits per heavy atom. The normalized spacial score (nSPS) is 18.9. The highest BCUT2D eigenvalue weighted by molar-refractivity contribution is 5.89. The van der Waals surface area contributed by atoms with E-state index in [-0.39, 0.29) is 11.9 Å². The van der Waals surface area contributed by atoms with Crippen LogP contribution >= 0.6 is 0 Å². The summed E-state index contributed by atoms with van der Waals surface area (Å²) in [6.45, 7) is 4.78. The highest BCUT2D eigenvalue weighted by Gasteiger charge is 2.26. The van der Waals surface area contributed by atoms with Gasteiger partial charge in [-0.05, 0) is 50.5 Å². The summed E-state index contributed by atoms with van der Waals surface area (Å²) in [4.78, 5) is 14.1. The molecule has 2 aromatic rings. The van der Waals surface area contributed by atoms with Crippen molar-refractivity contribution >= 4 is 11.7 Å². The van der Waals surface area contributed by atoms with E-state index < -0.39 is 11.9 Å². The highest BCUT2D eigenvalue weighted by atomic mass is 19.1. The molecule has 1 aromatic carbocycles. The maximum Gasteiger partial charge on any atom is 0.321 e. The fraction of sp³-hybridized carbons (Fsp3) is 0.444. The molecule has 1 aliphatic rings. The number of piperidine rings is 1. The molecule has 1 saturated heterocycles. The summed E-state index contributed by atoms with van der Waals surface area (Å²) in [5, 5.41) is 16.6. The molecule has 2 atom stereocenters. The summed E-state index contributed by atoms with van der Waals surface area (Å²) >= 11 is 0. The number of likely N-dealkylation sites (tertiary alicyclic amines) is 1. The van der Waals surface area contributed by atoms with Gasteiger partial charge < -0.3 is 15.3 Å². The Morgan fingerprint density at radius 3 is 2.92 bits per heavy atom. The Kier molecular flexibility index (Phi) is 5.03. The third-order valence-corrected chi connectivity index (χ3v) is 4.58. The zero-order chi connectivity index (χ0) is 18.0. The van der Waals surface area contributed by atoms with Crippen LogP contribution in [0.4, 0.5) is 14.9 Å². The van der Waals surface area contributed by atoms with Crippen molar-refractivity contribution in [3.05, 3.63) is 42.0 Å². The number of rotatable bonds is 3. The predicted octanol–water partition coefficient (Wildman–Crippen LogP) is 2.94. The summed E-state index contributed by atoms with van der Waals surface area (Å²) in [6, 6.07) is 4.27.